The van der Waals surface area contributed by atoms with Crippen LogP contribution in [0.25, 0.3) is 0 Å². The van der Waals surface area contributed by atoms with Crippen molar-refractivity contribution in [1.29, 1.82) is 0 Å². The molecule has 226 valence electrons. The molecule has 2 atom stereocenters. The second kappa shape index (κ2) is 14.7. The highest BCUT2D eigenvalue weighted by Crippen LogP contribution is 2.34. The molecule has 3 aromatic rings. The molecule has 0 aliphatic heterocycles. The van der Waals surface area contributed by atoms with Crippen molar-refractivity contribution < 1.29 is 27.5 Å². The molecule has 10 heteroatoms. The van der Waals surface area contributed by atoms with E-state index in [2.05, 4.69) is 5.32 Å². The molecular formula is C32H41N3O6S. The van der Waals surface area contributed by atoms with Crippen LogP contribution < -0.4 is 19.1 Å². The van der Waals surface area contributed by atoms with E-state index in [-0.39, 0.29) is 36.4 Å². The molecule has 0 fully saturated rings. The smallest absolute Gasteiger partial charge is 0.244 e. The maximum Gasteiger partial charge on any atom is 0.244 e. The zero-order valence-electron chi connectivity index (χ0n) is 25.2. The van der Waals surface area contributed by atoms with E-state index in [0.29, 0.717) is 12.2 Å². The van der Waals surface area contributed by atoms with Gasteiger partial charge in [-0.25, -0.2) is 8.42 Å². The number of sulfonamides is 1. The monoisotopic (exact) mass is 595 g/mol. The summed E-state index contributed by atoms with van der Waals surface area (Å²) in [5.74, 6) is -0.126. The Morgan fingerprint density at radius 1 is 0.952 bits per heavy atom. The molecule has 0 bridgehead atoms. The minimum absolute atomic E-state index is 0.109. The van der Waals surface area contributed by atoms with Gasteiger partial charge in [-0.3, -0.25) is 13.9 Å². The lowest BCUT2D eigenvalue weighted by Crippen LogP contribution is -2.54. The fourth-order valence-electron chi connectivity index (χ4n) is 4.55. The van der Waals surface area contributed by atoms with Crippen molar-refractivity contribution >= 4 is 27.5 Å². The molecule has 2 amide bonds. The van der Waals surface area contributed by atoms with Crippen LogP contribution in [-0.2, 0) is 32.6 Å². The van der Waals surface area contributed by atoms with Crippen LogP contribution in [0.4, 0.5) is 5.69 Å². The first-order valence-electron chi connectivity index (χ1n) is 13.9. The molecule has 0 unspecified atom stereocenters. The zero-order valence-corrected chi connectivity index (χ0v) is 26.0. The Hall–Kier alpha value is -4.05. The lowest BCUT2D eigenvalue weighted by atomic mass is 10.0. The summed E-state index contributed by atoms with van der Waals surface area (Å²) in [5, 5.41) is 3.03. The maximum absolute atomic E-state index is 14.3. The quantitative estimate of drug-likeness (QED) is 0.298. The van der Waals surface area contributed by atoms with E-state index in [4.69, 9.17) is 9.47 Å². The number of aryl methyl sites for hydroxylation is 1. The third kappa shape index (κ3) is 8.48. The summed E-state index contributed by atoms with van der Waals surface area (Å²) >= 11 is 0. The van der Waals surface area contributed by atoms with Crippen molar-refractivity contribution in [1.82, 2.24) is 10.2 Å². The van der Waals surface area contributed by atoms with Gasteiger partial charge in [0.15, 0.2) is 0 Å². The summed E-state index contributed by atoms with van der Waals surface area (Å²) in [7, 11) is -1.03. The van der Waals surface area contributed by atoms with Crippen molar-refractivity contribution in [2.24, 2.45) is 0 Å². The van der Waals surface area contributed by atoms with Crippen LogP contribution in [0.3, 0.4) is 0 Å². The van der Waals surface area contributed by atoms with Crippen LogP contribution in [0.2, 0.25) is 0 Å². The van der Waals surface area contributed by atoms with E-state index in [1.54, 1.807) is 12.1 Å². The number of hydrogen-bond acceptors (Lipinski definition) is 6. The Labute approximate surface area is 249 Å². The van der Waals surface area contributed by atoms with Crippen molar-refractivity contribution in [3.05, 3.63) is 89.5 Å². The molecule has 0 saturated heterocycles. The Bertz CT molecular complexity index is 1460. The predicted octanol–water partition coefficient (Wildman–Crippen LogP) is 4.33. The number of hydrogen-bond donors (Lipinski definition) is 1. The molecule has 42 heavy (non-hydrogen) atoms. The molecule has 0 aliphatic rings. The summed E-state index contributed by atoms with van der Waals surface area (Å²) in [5.41, 5.74) is 2.87. The number of carbonyl (C=O) groups is 2. The van der Waals surface area contributed by atoms with Gasteiger partial charge < -0.3 is 19.7 Å². The van der Waals surface area contributed by atoms with Gasteiger partial charge >= 0.3 is 0 Å². The van der Waals surface area contributed by atoms with Crippen molar-refractivity contribution in [2.45, 2.75) is 52.2 Å². The highest BCUT2D eigenvalue weighted by Gasteiger charge is 2.34. The normalized spacial score (nSPS) is 12.6. The van der Waals surface area contributed by atoms with Crippen LogP contribution in [0, 0.1) is 6.92 Å². The fraction of sp³-hybridized carbons (Fsp3) is 0.375. The first kappa shape index (κ1) is 32.5. The average Bonchev–Trinajstić information content (AvgIpc) is 2.97. The molecule has 3 rings (SSSR count). The lowest BCUT2D eigenvalue weighted by Gasteiger charge is -2.34. The van der Waals surface area contributed by atoms with Gasteiger partial charge in [0.05, 0.1) is 26.2 Å². The second-order valence-electron chi connectivity index (χ2n) is 10.3. The Morgan fingerprint density at radius 3 is 2.21 bits per heavy atom. The number of methoxy groups -OCH3 is 2. The fourth-order valence-corrected chi connectivity index (χ4v) is 5.40. The van der Waals surface area contributed by atoms with Crippen LogP contribution in [0.1, 0.15) is 37.0 Å². The van der Waals surface area contributed by atoms with Gasteiger partial charge in [0.1, 0.15) is 24.1 Å². The van der Waals surface area contributed by atoms with E-state index < -0.39 is 28.5 Å². The van der Waals surface area contributed by atoms with Crippen molar-refractivity contribution in [2.75, 3.05) is 31.3 Å². The number of rotatable bonds is 14. The Morgan fingerprint density at radius 2 is 1.62 bits per heavy atom. The summed E-state index contributed by atoms with van der Waals surface area (Å²) < 4.78 is 37.9. The minimum Gasteiger partial charge on any atom is -0.497 e. The number of nitrogens with one attached hydrogen (secondary N) is 1. The van der Waals surface area contributed by atoms with Gasteiger partial charge in [-0.2, -0.15) is 0 Å². The molecular weight excluding hydrogens is 554 g/mol. The van der Waals surface area contributed by atoms with Crippen molar-refractivity contribution in [3.63, 3.8) is 0 Å². The van der Waals surface area contributed by atoms with Gasteiger partial charge in [-0.05, 0) is 49.1 Å². The topological polar surface area (TPSA) is 105 Å². The summed E-state index contributed by atoms with van der Waals surface area (Å²) in [6.07, 6.45) is 2.01. The van der Waals surface area contributed by atoms with Crippen LogP contribution >= 0.6 is 0 Å². The first-order chi connectivity index (χ1) is 20.0. The van der Waals surface area contributed by atoms with E-state index in [0.717, 1.165) is 27.3 Å². The molecule has 0 aromatic heterocycles. The van der Waals surface area contributed by atoms with Gasteiger partial charge in [0.25, 0.3) is 0 Å². The second-order valence-corrected chi connectivity index (χ2v) is 12.2. The van der Waals surface area contributed by atoms with Gasteiger partial charge in [0.2, 0.25) is 21.8 Å². The molecule has 0 saturated carbocycles. The molecule has 0 aliphatic carbocycles. The average molecular weight is 596 g/mol. The van der Waals surface area contributed by atoms with E-state index in [1.807, 2.05) is 75.4 Å². The third-order valence-corrected chi connectivity index (χ3v) is 8.34. The third-order valence-electron chi connectivity index (χ3n) is 7.21. The molecule has 0 radical (unpaired) electrons. The van der Waals surface area contributed by atoms with Crippen LogP contribution in [0.15, 0.2) is 72.8 Å². The molecule has 9 nitrogen and oxygen atoms in total. The number of nitrogens with zero attached hydrogens (tertiary/aromatic N) is 2. The number of amides is 2. The van der Waals surface area contributed by atoms with Gasteiger partial charge in [-0.15, -0.1) is 0 Å². The zero-order chi connectivity index (χ0) is 30.9. The molecule has 1 N–H and O–H groups in total. The number of ether oxygens (including phenoxy) is 2. The lowest BCUT2D eigenvalue weighted by molar-refractivity contribution is -0.140. The van der Waals surface area contributed by atoms with Gasteiger partial charge in [-0.1, -0.05) is 61.5 Å². The van der Waals surface area contributed by atoms with E-state index in [9.17, 15) is 18.0 Å². The highest BCUT2D eigenvalue weighted by atomic mass is 32.2. The van der Waals surface area contributed by atoms with Crippen molar-refractivity contribution in [3.8, 4) is 11.5 Å². The van der Waals surface area contributed by atoms with Gasteiger partial charge in [0, 0.05) is 25.1 Å². The Kier molecular flexibility index (Phi) is 11.4. The summed E-state index contributed by atoms with van der Waals surface area (Å²) in [6.45, 7) is 5.41. The highest BCUT2D eigenvalue weighted by molar-refractivity contribution is 7.92. The predicted molar refractivity (Wildman–Crippen MR) is 165 cm³/mol. The largest absolute Gasteiger partial charge is 0.497 e. The van der Waals surface area contributed by atoms with E-state index >= 15 is 0 Å². The molecule has 3 aromatic carbocycles. The Balaban J connectivity index is 2.11. The first-order valence-corrected chi connectivity index (χ1v) is 15.7. The van der Waals surface area contributed by atoms with Crippen LogP contribution in [0.5, 0.6) is 11.5 Å². The minimum atomic E-state index is -3.94. The summed E-state index contributed by atoms with van der Waals surface area (Å²) in [4.78, 5) is 29.6. The molecule has 0 heterocycles. The number of anilines is 1. The molecule has 0 spiro atoms. The number of benzene rings is 3. The number of carbonyl (C=O) groups excluding carboxylic acids is 2. The van der Waals surface area contributed by atoms with Crippen LogP contribution in [-0.4, -0.2) is 64.2 Å². The van der Waals surface area contributed by atoms with E-state index in [1.165, 1.54) is 25.2 Å². The maximum atomic E-state index is 14.3. The standard InChI is InChI=1S/C32H41N3O6S/c1-7-24(3)33-32(37)29(19-25-14-9-8-10-15-25)34(21-26-16-12-11-13-23(26)2)31(36)22-35(42(6,38)39)28-18-17-27(40-4)20-30(28)41-5/h8-18,20,24,29H,7,19,21-22H2,1-6H3,(H,33,37)/t24-,29+/m0/s1. The summed E-state index contributed by atoms with van der Waals surface area (Å²) in [6, 6.07) is 20.8. The SMILES string of the molecule is CC[C@H](C)NC(=O)[C@@H](Cc1ccccc1)N(Cc1ccccc1C)C(=O)CN(c1ccc(OC)cc1OC)S(C)(=O)=O.